The molecular weight excluding hydrogens is 420 g/mol. The van der Waals surface area contributed by atoms with E-state index in [-0.39, 0.29) is 23.2 Å². The molecule has 1 aromatic heterocycles. The molecule has 1 atom stereocenters. The van der Waals surface area contributed by atoms with E-state index in [1.54, 1.807) is 22.8 Å². The van der Waals surface area contributed by atoms with Crippen LogP contribution < -0.4 is 5.56 Å². The van der Waals surface area contributed by atoms with Crippen molar-refractivity contribution < 1.29 is 9.53 Å². The van der Waals surface area contributed by atoms with Gasteiger partial charge in [-0.3, -0.25) is 14.2 Å². The van der Waals surface area contributed by atoms with Crippen molar-refractivity contribution in [2.24, 2.45) is 0 Å². The number of halogens is 1. The minimum absolute atomic E-state index is 0.0105. The normalized spacial score (nSPS) is 16.3. The molecule has 30 heavy (non-hydrogen) atoms. The molecule has 0 amide bonds. The summed E-state index contributed by atoms with van der Waals surface area (Å²) >= 11 is 7.39. The Hall–Kier alpha value is -2.15. The highest BCUT2D eigenvalue weighted by molar-refractivity contribution is 7.99. The Kier molecular flexibility index (Phi) is 6.27. The molecule has 1 saturated heterocycles. The number of rotatable bonds is 6. The Balaban J connectivity index is 1.67. The van der Waals surface area contributed by atoms with Gasteiger partial charge in [0.05, 0.1) is 29.3 Å². The van der Waals surface area contributed by atoms with E-state index >= 15 is 0 Å². The highest BCUT2D eigenvalue weighted by Crippen LogP contribution is 2.24. The second-order valence-electron chi connectivity index (χ2n) is 7.64. The van der Waals surface area contributed by atoms with E-state index in [2.05, 4.69) is 4.98 Å². The summed E-state index contributed by atoms with van der Waals surface area (Å²) < 4.78 is 7.38. The number of thioether (sulfide) groups is 1. The van der Waals surface area contributed by atoms with Crippen LogP contribution in [0.3, 0.4) is 0 Å². The van der Waals surface area contributed by atoms with Crippen LogP contribution in [0.25, 0.3) is 10.9 Å². The fraction of sp³-hybridized carbons (Fsp3) is 0.348. The van der Waals surface area contributed by atoms with Gasteiger partial charge >= 0.3 is 0 Å². The molecule has 0 N–H and O–H groups in total. The zero-order valence-electron chi connectivity index (χ0n) is 17.0. The van der Waals surface area contributed by atoms with E-state index in [1.807, 2.05) is 32.0 Å². The molecule has 3 aromatic rings. The summed E-state index contributed by atoms with van der Waals surface area (Å²) in [4.78, 5) is 30.7. The van der Waals surface area contributed by atoms with Gasteiger partial charge in [0.25, 0.3) is 5.56 Å². The van der Waals surface area contributed by atoms with Gasteiger partial charge in [-0.2, -0.15) is 0 Å². The maximum absolute atomic E-state index is 13.2. The van der Waals surface area contributed by atoms with Crippen molar-refractivity contribution in [1.29, 1.82) is 0 Å². The lowest BCUT2D eigenvalue weighted by Crippen LogP contribution is -2.29. The van der Waals surface area contributed by atoms with Crippen LogP contribution in [-0.2, 0) is 11.3 Å². The number of Topliss-reactive ketones (excluding diaryl/α,β-unsaturated/α-hetero) is 1. The molecular formula is C23H23ClN2O3S. The first-order chi connectivity index (χ1) is 14.4. The summed E-state index contributed by atoms with van der Waals surface area (Å²) in [7, 11) is 0. The predicted molar refractivity (Wildman–Crippen MR) is 121 cm³/mol. The molecule has 1 aliphatic heterocycles. The molecule has 0 bridgehead atoms. The van der Waals surface area contributed by atoms with Crippen LogP contribution in [0.2, 0.25) is 5.02 Å². The summed E-state index contributed by atoms with van der Waals surface area (Å²) in [5, 5.41) is 1.56. The van der Waals surface area contributed by atoms with E-state index in [9.17, 15) is 9.59 Å². The highest BCUT2D eigenvalue weighted by Gasteiger charge is 2.21. The third-order valence-corrected chi connectivity index (χ3v) is 6.52. The number of hydrogen-bond acceptors (Lipinski definition) is 5. The molecule has 7 heteroatoms. The van der Waals surface area contributed by atoms with Gasteiger partial charge in [-0.05, 0) is 50.5 Å². The lowest BCUT2D eigenvalue weighted by Gasteiger charge is -2.16. The predicted octanol–water partition coefficient (Wildman–Crippen LogP) is 4.82. The van der Waals surface area contributed by atoms with Crippen LogP contribution >= 0.6 is 23.4 Å². The van der Waals surface area contributed by atoms with E-state index in [0.717, 1.165) is 24.0 Å². The van der Waals surface area contributed by atoms with Gasteiger partial charge in [0.1, 0.15) is 0 Å². The number of aryl methyl sites for hydroxylation is 2. The smallest absolute Gasteiger partial charge is 0.262 e. The van der Waals surface area contributed by atoms with Crippen LogP contribution in [0, 0.1) is 13.8 Å². The van der Waals surface area contributed by atoms with Crippen LogP contribution in [0.1, 0.15) is 34.3 Å². The molecule has 5 nitrogen and oxygen atoms in total. The first-order valence-electron chi connectivity index (χ1n) is 9.97. The Morgan fingerprint density at radius 3 is 2.83 bits per heavy atom. The highest BCUT2D eigenvalue weighted by atomic mass is 35.5. The average molecular weight is 443 g/mol. The average Bonchev–Trinajstić information content (AvgIpc) is 3.21. The van der Waals surface area contributed by atoms with Gasteiger partial charge in [-0.15, -0.1) is 0 Å². The zero-order valence-corrected chi connectivity index (χ0v) is 18.6. The number of carbonyl (C=O) groups excluding carboxylic acids is 1. The van der Waals surface area contributed by atoms with Gasteiger partial charge in [0, 0.05) is 17.2 Å². The van der Waals surface area contributed by atoms with Gasteiger partial charge in [-0.1, -0.05) is 47.1 Å². The monoisotopic (exact) mass is 442 g/mol. The van der Waals surface area contributed by atoms with Crippen molar-refractivity contribution in [3.63, 3.8) is 0 Å². The van der Waals surface area contributed by atoms with Crippen LogP contribution in [0.15, 0.2) is 46.3 Å². The number of aromatic nitrogens is 2. The number of nitrogens with zero attached hydrogens (tertiary/aromatic N) is 2. The van der Waals surface area contributed by atoms with Gasteiger partial charge in [0.15, 0.2) is 10.9 Å². The summed E-state index contributed by atoms with van der Waals surface area (Å²) in [6.45, 7) is 5.09. The van der Waals surface area contributed by atoms with E-state index in [1.165, 1.54) is 11.8 Å². The quantitative estimate of drug-likeness (QED) is 0.311. The first kappa shape index (κ1) is 21.1. The number of hydrogen-bond donors (Lipinski definition) is 0. The number of ether oxygens (including phenoxy) is 1. The lowest BCUT2D eigenvalue weighted by molar-refractivity contribution is 0.0937. The third-order valence-electron chi connectivity index (χ3n) is 5.31. The molecule has 1 aliphatic rings. The number of fused-ring (bicyclic) bond motifs is 1. The van der Waals surface area contributed by atoms with Gasteiger partial charge < -0.3 is 4.74 Å². The van der Waals surface area contributed by atoms with Crippen molar-refractivity contribution in [3.8, 4) is 0 Å². The standard InChI is InChI=1S/C23H23ClN2O3S/c1-14-5-7-18(15(2)10-14)21(27)13-30-23-25-20-11-16(24)6-8-19(20)22(28)26(23)12-17-4-3-9-29-17/h5-8,10-11,17H,3-4,9,12-13H2,1-2H3. The number of ketones is 1. The van der Waals surface area contributed by atoms with E-state index < -0.39 is 0 Å². The second kappa shape index (κ2) is 8.92. The first-order valence-corrected chi connectivity index (χ1v) is 11.3. The summed E-state index contributed by atoms with van der Waals surface area (Å²) in [5.41, 5.74) is 3.18. The van der Waals surface area contributed by atoms with Crippen LogP contribution in [0.5, 0.6) is 0 Å². The fourth-order valence-corrected chi connectivity index (χ4v) is 4.83. The van der Waals surface area contributed by atoms with E-state index in [4.69, 9.17) is 16.3 Å². The van der Waals surface area contributed by atoms with Crippen molar-refractivity contribution in [2.45, 2.75) is 44.5 Å². The molecule has 0 saturated carbocycles. The molecule has 156 valence electrons. The lowest BCUT2D eigenvalue weighted by atomic mass is 10.0. The second-order valence-corrected chi connectivity index (χ2v) is 9.02. The Morgan fingerprint density at radius 2 is 2.10 bits per heavy atom. The van der Waals surface area contributed by atoms with Crippen LogP contribution in [0.4, 0.5) is 0 Å². The van der Waals surface area contributed by atoms with Crippen molar-refractivity contribution in [2.75, 3.05) is 12.4 Å². The Labute approximate surface area is 184 Å². The van der Waals surface area contributed by atoms with Crippen molar-refractivity contribution >= 4 is 40.0 Å². The molecule has 2 heterocycles. The summed E-state index contributed by atoms with van der Waals surface area (Å²) in [6, 6.07) is 10.9. The van der Waals surface area contributed by atoms with Crippen molar-refractivity contribution in [3.05, 3.63) is 68.5 Å². The maximum atomic E-state index is 13.2. The Morgan fingerprint density at radius 1 is 1.27 bits per heavy atom. The van der Waals surface area contributed by atoms with Gasteiger partial charge in [-0.25, -0.2) is 4.98 Å². The van der Waals surface area contributed by atoms with Gasteiger partial charge in [0.2, 0.25) is 0 Å². The molecule has 0 radical (unpaired) electrons. The molecule has 4 rings (SSSR count). The minimum Gasteiger partial charge on any atom is -0.376 e. The SMILES string of the molecule is Cc1ccc(C(=O)CSc2nc3cc(Cl)ccc3c(=O)n2CC2CCCO2)c(C)c1. The minimum atomic E-state index is -0.131. The van der Waals surface area contributed by atoms with Crippen LogP contribution in [-0.4, -0.2) is 33.8 Å². The van der Waals surface area contributed by atoms with Crippen molar-refractivity contribution in [1.82, 2.24) is 9.55 Å². The third kappa shape index (κ3) is 4.46. The molecule has 1 unspecified atom stereocenters. The molecule has 0 aliphatic carbocycles. The number of carbonyl (C=O) groups is 1. The molecule has 0 spiro atoms. The Bertz CT molecular complexity index is 1170. The zero-order chi connectivity index (χ0) is 21.3. The largest absolute Gasteiger partial charge is 0.376 e. The maximum Gasteiger partial charge on any atom is 0.262 e. The summed E-state index contributed by atoms with van der Waals surface area (Å²) in [6.07, 6.45) is 1.89. The molecule has 1 fully saturated rings. The molecule has 2 aromatic carbocycles. The summed E-state index contributed by atoms with van der Waals surface area (Å²) in [5.74, 6) is 0.218. The number of benzene rings is 2. The fourth-order valence-electron chi connectivity index (χ4n) is 3.77. The topological polar surface area (TPSA) is 61.2 Å². The van der Waals surface area contributed by atoms with E-state index in [0.29, 0.717) is 39.8 Å².